The highest BCUT2D eigenvalue weighted by Gasteiger charge is 2.30. The minimum absolute atomic E-state index is 0.0980. The average molecular weight is 509 g/mol. The molecule has 0 unspecified atom stereocenters. The maximum Gasteiger partial charge on any atom is 0.244 e. The van der Waals surface area contributed by atoms with E-state index in [2.05, 4.69) is 5.32 Å². The summed E-state index contributed by atoms with van der Waals surface area (Å²) in [6.07, 6.45) is 8.00. The Morgan fingerprint density at radius 3 is 2.27 bits per heavy atom. The fourth-order valence-electron chi connectivity index (χ4n) is 5.04. The highest BCUT2D eigenvalue weighted by molar-refractivity contribution is 6.02. The first-order valence-electron chi connectivity index (χ1n) is 13.5. The van der Waals surface area contributed by atoms with E-state index in [9.17, 15) is 14.4 Å². The third-order valence-corrected chi connectivity index (χ3v) is 7.12. The molecule has 3 N–H and O–H groups in total. The largest absolute Gasteiger partial charge is 0.377 e. The van der Waals surface area contributed by atoms with Gasteiger partial charge >= 0.3 is 0 Å². The van der Waals surface area contributed by atoms with Gasteiger partial charge in [-0.3, -0.25) is 19.6 Å². The molecular weight excluding hydrogens is 468 g/mol. The van der Waals surface area contributed by atoms with Crippen LogP contribution in [0.1, 0.15) is 80.1 Å². The summed E-state index contributed by atoms with van der Waals surface area (Å²) in [6, 6.07) is 18.3. The molecule has 0 heterocycles. The van der Waals surface area contributed by atoms with Crippen LogP contribution in [-0.4, -0.2) is 35.5 Å². The van der Waals surface area contributed by atoms with Crippen molar-refractivity contribution in [2.45, 2.75) is 76.9 Å². The average Bonchev–Trinajstić information content (AvgIpc) is 2.94. The molecule has 0 spiro atoms. The van der Waals surface area contributed by atoms with Crippen LogP contribution in [0, 0.1) is 11.8 Å². The first-order chi connectivity index (χ1) is 18.1. The number of benzene rings is 2. The fraction of sp³-hybridized carbons (Fsp3) is 0.500. The predicted octanol–water partition coefficient (Wildman–Crippen LogP) is 5.22. The Hall–Kier alpha value is -3.03. The summed E-state index contributed by atoms with van der Waals surface area (Å²) in [5.74, 6) is -1.27. The number of Topliss-reactive ketones (excluding diaryl/α,β-unsaturated/α-hetero) is 1. The zero-order valence-electron chi connectivity index (χ0n) is 21.6. The van der Waals surface area contributed by atoms with Crippen molar-refractivity contribution in [2.24, 2.45) is 11.8 Å². The molecule has 0 aromatic heterocycles. The molecular formula is C30H40N2O5. The normalized spacial score (nSPS) is 15.5. The van der Waals surface area contributed by atoms with E-state index in [4.69, 9.17) is 9.94 Å². The van der Waals surface area contributed by atoms with Crippen LogP contribution >= 0.6 is 0 Å². The second kappa shape index (κ2) is 15.9. The lowest BCUT2D eigenvalue weighted by Crippen LogP contribution is -2.45. The van der Waals surface area contributed by atoms with Crippen LogP contribution < -0.4 is 10.8 Å². The summed E-state index contributed by atoms with van der Waals surface area (Å²) in [7, 11) is 0. The van der Waals surface area contributed by atoms with Crippen molar-refractivity contribution in [3.8, 4) is 0 Å². The van der Waals surface area contributed by atoms with E-state index >= 15 is 0 Å². The molecule has 3 rings (SSSR count). The van der Waals surface area contributed by atoms with Gasteiger partial charge in [-0.1, -0.05) is 99.2 Å². The van der Waals surface area contributed by atoms with Gasteiger partial charge in [-0.05, 0) is 30.7 Å². The first-order valence-corrected chi connectivity index (χ1v) is 13.5. The number of hydrogen-bond donors (Lipinski definition) is 3. The molecule has 7 nitrogen and oxygen atoms in total. The quantitative estimate of drug-likeness (QED) is 0.132. The lowest BCUT2D eigenvalue weighted by atomic mass is 9.83. The number of carbonyl (C=O) groups is 3. The highest BCUT2D eigenvalue weighted by Crippen LogP contribution is 2.28. The first kappa shape index (κ1) is 28.5. The Bertz CT molecular complexity index is 960. The van der Waals surface area contributed by atoms with E-state index in [0.29, 0.717) is 44.0 Å². The number of carbonyl (C=O) groups excluding carboxylic acids is 3. The maximum atomic E-state index is 13.4. The molecule has 1 aliphatic carbocycles. The number of hydroxylamine groups is 1. The molecule has 0 aliphatic heterocycles. The van der Waals surface area contributed by atoms with Crippen LogP contribution in [0.15, 0.2) is 60.7 Å². The zero-order chi connectivity index (χ0) is 26.3. The minimum atomic E-state index is -0.640. The van der Waals surface area contributed by atoms with Crippen molar-refractivity contribution in [2.75, 3.05) is 6.61 Å². The van der Waals surface area contributed by atoms with Crippen LogP contribution in [0.5, 0.6) is 0 Å². The van der Waals surface area contributed by atoms with Crippen LogP contribution in [0.4, 0.5) is 0 Å². The Balaban J connectivity index is 1.57. The Labute approximate surface area is 219 Å². The van der Waals surface area contributed by atoms with E-state index in [-0.39, 0.29) is 18.1 Å². The molecule has 1 fully saturated rings. The molecule has 37 heavy (non-hydrogen) atoms. The van der Waals surface area contributed by atoms with Gasteiger partial charge in [-0.2, -0.15) is 0 Å². The van der Waals surface area contributed by atoms with Gasteiger partial charge < -0.3 is 10.1 Å². The van der Waals surface area contributed by atoms with Gasteiger partial charge in [0.25, 0.3) is 0 Å². The van der Waals surface area contributed by atoms with Crippen molar-refractivity contribution in [1.29, 1.82) is 0 Å². The van der Waals surface area contributed by atoms with E-state index < -0.39 is 17.9 Å². The Kier molecular flexibility index (Phi) is 12.3. The molecule has 0 saturated heterocycles. The maximum absolute atomic E-state index is 13.4. The third kappa shape index (κ3) is 10.1. The number of amides is 2. The molecule has 2 amide bonds. The van der Waals surface area contributed by atoms with Gasteiger partial charge in [0.2, 0.25) is 11.8 Å². The van der Waals surface area contributed by atoms with E-state index in [0.717, 1.165) is 37.7 Å². The third-order valence-electron chi connectivity index (χ3n) is 7.12. The highest BCUT2D eigenvalue weighted by atomic mass is 16.5. The van der Waals surface area contributed by atoms with Crippen molar-refractivity contribution in [3.63, 3.8) is 0 Å². The number of unbranched alkanes of at least 4 members (excludes halogenated alkanes) is 1. The van der Waals surface area contributed by atoms with Crippen LogP contribution in [0.25, 0.3) is 0 Å². The van der Waals surface area contributed by atoms with Crippen LogP contribution in [-0.2, 0) is 20.9 Å². The van der Waals surface area contributed by atoms with Gasteiger partial charge in [0, 0.05) is 24.5 Å². The minimum Gasteiger partial charge on any atom is -0.377 e. The Morgan fingerprint density at radius 1 is 0.919 bits per heavy atom. The summed E-state index contributed by atoms with van der Waals surface area (Å²) in [5, 5.41) is 12.0. The van der Waals surface area contributed by atoms with E-state index in [1.165, 1.54) is 6.42 Å². The summed E-state index contributed by atoms with van der Waals surface area (Å²) in [4.78, 5) is 38.6. The van der Waals surface area contributed by atoms with Gasteiger partial charge in [0.15, 0.2) is 5.78 Å². The zero-order valence-corrected chi connectivity index (χ0v) is 21.6. The Morgan fingerprint density at radius 2 is 1.59 bits per heavy atom. The number of hydrogen-bond acceptors (Lipinski definition) is 5. The lowest BCUT2D eigenvalue weighted by Gasteiger charge is -2.28. The number of nitrogens with one attached hydrogen (secondary N) is 2. The SMILES string of the molecule is O=C(C[C@@H](CCCCOCc1ccccc1)C(=O)N[C@@H](CC1CCCCC1)C(=O)c1ccccc1)NO. The summed E-state index contributed by atoms with van der Waals surface area (Å²) in [6.45, 7) is 1.08. The lowest BCUT2D eigenvalue weighted by molar-refractivity contribution is -0.135. The van der Waals surface area contributed by atoms with Gasteiger partial charge in [-0.15, -0.1) is 0 Å². The molecule has 2 aromatic rings. The summed E-state index contributed by atoms with van der Waals surface area (Å²) < 4.78 is 5.73. The molecule has 2 atom stereocenters. The fourth-order valence-corrected chi connectivity index (χ4v) is 5.04. The van der Waals surface area contributed by atoms with Gasteiger partial charge in [0.1, 0.15) is 0 Å². The molecule has 1 saturated carbocycles. The van der Waals surface area contributed by atoms with Crippen molar-refractivity contribution < 1.29 is 24.3 Å². The van der Waals surface area contributed by atoms with Crippen LogP contribution in [0.3, 0.4) is 0 Å². The van der Waals surface area contributed by atoms with Crippen molar-refractivity contribution in [1.82, 2.24) is 10.8 Å². The molecule has 0 radical (unpaired) electrons. The standard InChI is InChI=1S/C30H40N2O5/c33-28(32-36)21-26(18-10-11-19-37-22-24-14-6-2-7-15-24)30(35)31-27(20-23-12-4-1-5-13-23)29(34)25-16-8-3-9-17-25/h2-3,6-9,14-17,23,26-27,36H,1,4-5,10-13,18-22H2,(H,31,35)(H,32,33)/t26-,27+/m1/s1. The number of rotatable bonds is 15. The number of ketones is 1. The smallest absolute Gasteiger partial charge is 0.244 e. The topological polar surface area (TPSA) is 105 Å². The van der Waals surface area contributed by atoms with E-state index in [1.807, 2.05) is 48.5 Å². The van der Waals surface area contributed by atoms with Crippen molar-refractivity contribution in [3.05, 3.63) is 71.8 Å². The second-order valence-electron chi connectivity index (χ2n) is 10.0. The number of ether oxygens (including phenoxy) is 1. The van der Waals surface area contributed by atoms with Gasteiger partial charge in [0.05, 0.1) is 12.6 Å². The molecule has 200 valence electrons. The second-order valence-corrected chi connectivity index (χ2v) is 10.0. The predicted molar refractivity (Wildman–Crippen MR) is 142 cm³/mol. The summed E-state index contributed by atoms with van der Waals surface area (Å²) >= 11 is 0. The van der Waals surface area contributed by atoms with Gasteiger partial charge in [-0.25, -0.2) is 5.48 Å². The van der Waals surface area contributed by atoms with E-state index in [1.54, 1.807) is 17.6 Å². The molecule has 2 aromatic carbocycles. The molecule has 7 heteroatoms. The van der Waals surface area contributed by atoms with Crippen LogP contribution in [0.2, 0.25) is 0 Å². The summed E-state index contributed by atoms with van der Waals surface area (Å²) in [5.41, 5.74) is 3.31. The van der Waals surface area contributed by atoms with Crippen molar-refractivity contribution >= 4 is 17.6 Å². The molecule has 0 bridgehead atoms. The monoisotopic (exact) mass is 508 g/mol. The molecule has 1 aliphatic rings.